The number of hydrogen-bond acceptors (Lipinski definition) is 5. The number of hydrogen-bond donors (Lipinski definition) is 1. The molecule has 0 aliphatic carbocycles. The fraction of sp³-hybridized carbons (Fsp3) is 0.133. The molecule has 0 aliphatic heterocycles. The number of benzene rings is 1. The number of fused-ring (bicyclic) bond motifs is 1. The van der Waals surface area contributed by atoms with Gasteiger partial charge in [0.2, 0.25) is 5.88 Å². The summed E-state index contributed by atoms with van der Waals surface area (Å²) in [4.78, 5) is 20.4. The molecule has 0 radical (unpaired) electrons. The summed E-state index contributed by atoms with van der Waals surface area (Å²) in [6, 6.07) is 8.60. The van der Waals surface area contributed by atoms with Crippen LogP contribution in [0.4, 0.5) is 5.69 Å². The number of rotatable bonds is 3. The normalized spacial score (nSPS) is 10.6. The van der Waals surface area contributed by atoms with Gasteiger partial charge in [0.15, 0.2) is 11.5 Å². The molecular weight excluding hydrogens is 270 g/mol. The summed E-state index contributed by atoms with van der Waals surface area (Å²) in [6.07, 6.45) is 1.47. The van der Waals surface area contributed by atoms with Crippen LogP contribution in [-0.4, -0.2) is 23.0 Å². The fourth-order valence-electron chi connectivity index (χ4n) is 1.96. The second kappa shape index (κ2) is 5.24. The Morgan fingerprint density at radius 3 is 2.86 bits per heavy atom. The van der Waals surface area contributed by atoms with Crippen molar-refractivity contribution in [3.05, 3.63) is 48.0 Å². The molecule has 1 aromatic carbocycles. The maximum atomic E-state index is 12.1. The van der Waals surface area contributed by atoms with E-state index in [1.165, 1.54) is 13.3 Å². The Kier molecular flexibility index (Phi) is 3.27. The minimum atomic E-state index is -0.246. The predicted octanol–water partition coefficient (Wildman–Crippen LogP) is 2.79. The Balaban J connectivity index is 1.81. The molecule has 21 heavy (non-hydrogen) atoms. The Morgan fingerprint density at radius 2 is 2.14 bits per heavy atom. The second-order valence-electron chi connectivity index (χ2n) is 4.46. The van der Waals surface area contributed by atoms with Gasteiger partial charge in [0.25, 0.3) is 5.91 Å². The number of pyridine rings is 1. The highest BCUT2D eigenvalue weighted by Crippen LogP contribution is 2.20. The van der Waals surface area contributed by atoms with Crippen LogP contribution in [0.3, 0.4) is 0 Å². The van der Waals surface area contributed by atoms with Gasteiger partial charge < -0.3 is 14.5 Å². The van der Waals surface area contributed by atoms with Crippen molar-refractivity contribution in [3.8, 4) is 5.88 Å². The molecule has 106 valence electrons. The largest absolute Gasteiger partial charge is 0.481 e. The van der Waals surface area contributed by atoms with Crippen LogP contribution in [0.2, 0.25) is 0 Å². The highest BCUT2D eigenvalue weighted by Gasteiger charge is 2.09. The van der Waals surface area contributed by atoms with E-state index in [0.29, 0.717) is 34.1 Å². The molecule has 2 aromatic heterocycles. The van der Waals surface area contributed by atoms with Crippen molar-refractivity contribution in [1.29, 1.82) is 0 Å². The maximum Gasteiger partial charge on any atom is 0.257 e. The Morgan fingerprint density at radius 1 is 1.29 bits per heavy atom. The summed E-state index contributed by atoms with van der Waals surface area (Å²) in [5, 5.41) is 2.80. The van der Waals surface area contributed by atoms with E-state index in [1.807, 2.05) is 0 Å². The zero-order valence-electron chi connectivity index (χ0n) is 11.6. The third-order valence-corrected chi connectivity index (χ3v) is 2.96. The summed E-state index contributed by atoms with van der Waals surface area (Å²) in [5.41, 5.74) is 2.50. The number of nitrogens with zero attached hydrogens (tertiary/aromatic N) is 2. The monoisotopic (exact) mass is 283 g/mol. The number of oxazole rings is 1. The fourth-order valence-corrected chi connectivity index (χ4v) is 1.96. The third kappa shape index (κ3) is 2.69. The van der Waals surface area contributed by atoms with Gasteiger partial charge in [-0.3, -0.25) is 4.79 Å². The second-order valence-corrected chi connectivity index (χ2v) is 4.46. The lowest BCUT2D eigenvalue weighted by Crippen LogP contribution is -2.12. The molecule has 0 unspecified atom stereocenters. The molecule has 0 aliphatic rings. The quantitative estimate of drug-likeness (QED) is 0.799. The Labute approximate surface area is 120 Å². The van der Waals surface area contributed by atoms with Gasteiger partial charge in [-0.05, 0) is 24.3 Å². The van der Waals surface area contributed by atoms with Gasteiger partial charge in [-0.1, -0.05) is 0 Å². The number of anilines is 1. The van der Waals surface area contributed by atoms with Gasteiger partial charge in [-0.15, -0.1) is 0 Å². The van der Waals surface area contributed by atoms with Gasteiger partial charge in [-0.2, -0.15) is 0 Å². The van der Waals surface area contributed by atoms with Crippen molar-refractivity contribution in [2.24, 2.45) is 0 Å². The predicted molar refractivity (Wildman–Crippen MR) is 77.5 cm³/mol. The van der Waals surface area contributed by atoms with Crippen LogP contribution in [0.1, 0.15) is 16.2 Å². The topological polar surface area (TPSA) is 77.2 Å². The molecule has 2 heterocycles. The van der Waals surface area contributed by atoms with E-state index in [-0.39, 0.29) is 5.91 Å². The summed E-state index contributed by atoms with van der Waals surface area (Å²) < 4.78 is 10.3. The van der Waals surface area contributed by atoms with Crippen molar-refractivity contribution in [2.75, 3.05) is 12.4 Å². The smallest absolute Gasteiger partial charge is 0.257 e. The first-order chi connectivity index (χ1) is 10.2. The number of carbonyl (C=O) groups excluding carboxylic acids is 1. The van der Waals surface area contributed by atoms with E-state index in [1.54, 1.807) is 37.3 Å². The highest BCUT2D eigenvalue weighted by atomic mass is 16.5. The zero-order valence-corrected chi connectivity index (χ0v) is 11.6. The van der Waals surface area contributed by atoms with Crippen LogP contribution in [-0.2, 0) is 0 Å². The van der Waals surface area contributed by atoms with Crippen molar-refractivity contribution in [1.82, 2.24) is 9.97 Å². The van der Waals surface area contributed by atoms with Crippen molar-refractivity contribution < 1.29 is 13.9 Å². The van der Waals surface area contributed by atoms with E-state index < -0.39 is 0 Å². The summed E-state index contributed by atoms with van der Waals surface area (Å²) in [6.45, 7) is 1.78. The van der Waals surface area contributed by atoms with Crippen LogP contribution in [0.5, 0.6) is 5.88 Å². The minimum absolute atomic E-state index is 0.246. The molecule has 0 atom stereocenters. The summed E-state index contributed by atoms with van der Waals surface area (Å²) in [7, 11) is 1.52. The molecule has 6 nitrogen and oxygen atoms in total. The molecule has 0 fully saturated rings. The number of methoxy groups -OCH3 is 1. The molecule has 0 bridgehead atoms. The third-order valence-electron chi connectivity index (χ3n) is 2.96. The van der Waals surface area contributed by atoms with Crippen molar-refractivity contribution in [2.45, 2.75) is 6.92 Å². The van der Waals surface area contributed by atoms with Crippen molar-refractivity contribution >= 4 is 22.7 Å². The van der Waals surface area contributed by atoms with Crippen LogP contribution in [0.25, 0.3) is 11.1 Å². The van der Waals surface area contributed by atoms with E-state index >= 15 is 0 Å². The highest BCUT2D eigenvalue weighted by molar-refractivity contribution is 6.04. The number of ether oxygens (including phenoxy) is 1. The Hall–Kier alpha value is -2.89. The standard InChI is InChI=1S/C15H13N3O3/c1-9-17-12-7-11(4-5-13(12)21-9)18-15(19)10-3-6-14(20-2)16-8-10/h3-8H,1-2H3,(H,18,19). The minimum Gasteiger partial charge on any atom is -0.481 e. The van der Waals surface area contributed by atoms with E-state index in [0.717, 1.165) is 0 Å². The molecule has 0 saturated carbocycles. The first-order valence-electron chi connectivity index (χ1n) is 6.34. The van der Waals surface area contributed by atoms with Crippen LogP contribution >= 0.6 is 0 Å². The number of nitrogens with one attached hydrogen (secondary N) is 1. The van der Waals surface area contributed by atoms with Crippen molar-refractivity contribution in [3.63, 3.8) is 0 Å². The van der Waals surface area contributed by atoms with Crippen LogP contribution < -0.4 is 10.1 Å². The molecule has 0 spiro atoms. The number of aromatic nitrogens is 2. The molecule has 0 saturated heterocycles. The van der Waals surface area contributed by atoms with Crippen LogP contribution in [0.15, 0.2) is 40.9 Å². The molecule has 3 rings (SSSR count). The Bertz CT molecular complexity index is 794. The number of carbonyl (C=O) groups is 1. The maximum absolute atomic E-state index is 12.1. The van der Waals surface area contributed by atoms with E-state index in [9.17, 15) is 4.79 Å². The lowest BCUT2D eigenvalue weighted by atomic mass is 10.2. The average Bonchev–Trinajstić information content (AvgIpc) is 2.86. The van der Waals surface area contributed by atoms with Gasteiger partial charge in [0.1, 0.15) is 5.52 Å². The van der Waals surface area contributed by atoms with Gasteiger partial charge in [-0.25, -0.2) is 9.97 Å². The van der Waals surface area contributed by atoms with Crippen LogP contribution in [0, 0.1) is 6.92 Å². The van der Waals surface area contributed by atoms with Gasteiger partial charge >= 0.3 is 0 Å². The average molecular weight is 283 g/mol. The molecule has 3 aromatic rings. The molecule has 6 heteroatoms. The van der Waals surface area contributed by atoms with Gasteiger partial charge in [0, 0.05) is 24.9 Å². The SMILES string of the molecule is COc1ccc(C(=O)Nc2ccc3oc(C)nc3c2)cn1. The molecule has 1 amide bonds. The zero-order chi connectivity index (χ0) is 14.8. The van der Waals surface area contributed by atoms with Gasteiger partial charge in [0.05, 0.1) is 12.7 Å². The lowest BCUT2D eigenvalue weighted by molar-refractivity contribution is 0.102. The molecular formula is C15H13N3O3. The summed E-state index contributed by atoms with van der Waals surface area (Å²) in [5.74, 6) is 0.809. The molecule has 1 N–H and O–H groups in total. The van der Waals surface area contributed by atoms with E-state index in [4.69, 9.17) is 9.15 Å². The first kappa shape index (κ1) is 13.1. The number of amides is 1. The summed E-state index contributed by atoms with van der Waals surface area (Å²) >= 11 is 0. The lowest BCUT2D eigenvalue weighted by Gasteiger charge is -2.05. The number of aryl methyl sites for hydroxylation is 1. The van der Waals surface area contributed by atoms with E-state index in [2.05, 4.69) is 15.3 Å². The first-order valence-corrected chi connectivity index (χ1v) is 6.34.